The summed E-state index contributed by atoms with van der Waals surface area (Å²) < 4.78 is 37.8. The van der Waals surface area contributed by atoms with Crippen molar-refractivity contribution in [2.75, 3.05) is 5.73 Å². The van der Waals surface area contributed by atoms with Crippen LogP contribution in [0.25, 0.3) is 11.2 Å². The number of ether oxygens (including phenoxy) is 1. The predicted molar refractivity (Wildman–Crippen MR) is 99.8 cm³/mol. The average Bonchev–Trinajstić information content (AvgIpc) is 3.23. The lowest BCUT2D eigenvalue weighted by Gasteiger charge is -2.19. The smallest absolute Gasteiger partial charge is 0.364 e. The molecule has 1 fully saturated rings. The van der Waals surface area contributed by atoms with Gasteiger partial charge < -0.3 is 21.3 Å². The first-order valence-corrected chi connectivity index (χ1v) is 10.3. The molecule has 160 valence electrons. The molecule has 29 heavy (non-hydrogen) atoms. The van der Waals surface area contributed by atoms with Gasteiger partial charge in [-0.3, -0.25) is 9.36 Å². The first-order valence-electron chi connectivity index (χ1n) is 8.90. The van der Waals surface area contributed by atoms with Crippen LogP contribution in [-0.2, 0) is 24.0 Å². The van der Waals surface area contributed by atoms with Crippen molar-refractivity contribution in [1.29, 1.82) is 0 Å². The Morgan fingerprint density at radius 1 is 1.48 bits per heavy atom. The number of nitrogens with two attached hydrogens (primary N) is 2. The summed E-state index contributed by atoms with van der Waals surface area (Å²) in [4.78, 5) is 23.9. The van der Waals surface area contributed by atoms with Crippen LogP contribution in [0.5, 0.6) is 0 Å². The van der Waals surface area contributed by atoms with Gasteiger partial charge in [0.1, 0.15) is 17.9 Å². The van der Waals surface area contributed by atoms with Crippen LogP contribution in [0.2, 0.25) is 0 Å². The molecule has 3 rings (SSSR count). The van der Waals surface area contributed by atoms with E-state index >= 15 is 0 Å². The van der Waals surface area contributed by atoms with Gasteiger partial charge in [-0.1, -0.05) is 20.3 Å². The first-order chi connectivity index (χ1) is 13.6. The fourth-order valence-electron chi connectivity index (χ4n) is 2.85. The van der Waals surface area contributed by atoms with Crippen LogP contribution in [0.3, 0.4) is 0 Å². The van der Waals surface area contributed by atoms with Crippen LogP contribution in [0.1, 0.15) is 32.9 Å². The minimum Gasteiger partial charge on any atom is -0.388 e. The van der Waals surface area contributed by atoms with E-state index in [9.17, 15) is 18.3 Å². The molecular weight excluding hydrogens is 406 g/mol. The van der Waals surface area contributed by atoms with E-state index in [0.29, 0.717) is 17.6 Å². The number of rotatable bonds is 7. The molecule has 5 atom stereocenters. The summed E-state index contributed by atoms with van der Waals surface area (Å²) in [6.45, 7) is 3.56. The summed E-state index contributed by atoms with van der Waals surface area (Å²) in [6.07, 6.45) is -0.482. The van der Waals surface area contributed by atoms with Crippen LogP contribution in [-0.4, -0.2) is 57.4 Å². The van der Waals surface area contributed by atoms with Crippen LogP contribution >= 0.6 is 0 Å². The third-order valence-corrected chi connectivity index (χ3v) is 5.65. The number of carbonyl (C=O) groups is 1. The fourth-order valence-corrected chi connectivity index (χ4v) is 3.69. The number of amides is 1. The topological polar surface area (TPSA) is 198 Å². The van der Waals surface area contributed by atoms with Gasteiger partial charge in [0, 0.05) is 6.42 Å². The molecule has 0 radical (unpaired) electrons. The molecule has 1 saturated heterocycles. The highest BCUT2D eigenvalue weighted by Crippen LogP contribution is 2.32. The van der Waals surface area contributed by atoms with Gasteiger partial charge in [-0.15, -0.1) is 0 Å². The summed E-state index contributed by atoms with van der Waals surface area (Å²) in [6, 6.07) is -1.01. The molecule has 2 aromatic rings. The highest BCUT2D eigenvalue weighted by atomic mass is 32.2. The van der Waals surface area contributed by atoms with E-state index in [2.05, 4.69) is 15.0 Å². The van der Waals surface area contributed by atoms with Gasteiger partial charge in [-0.25, -0.2) is 23.9 Å². The van der Waals surface area contributed by atoms with Crippen molar-refractivity contribution in [2.24, 2.45) is 11.7 Å². The molecule has 1 aliphatic rings. The second kappa shape index (κ2) is 8.16. The lowest BCUT2D eigenvalue weighted by Crippen LogP contribution is -2.47. The molecule has 2 aromatic heterocycles. The van der Waals surface area contributed by atoms with Crippen molar-refractivity contribution in [3.05, 3.63) is 12.7 Å². The zero-order valence-electron chi connectivity index (χ0n) is 15.8. The molecule has 6 N–H and O–H groups in total. The maximum Gasteiger partial charge on any atom is 0.364 e. The van der Waals surface area contributed by atoms with Gasteiger partial charge in [-0.05, 0) is 5.92 Å². The highest BCUT2D eigenvalue weighted by Gasteiger charge is 2.40. The number of nitrogen functional groups attached to an aromatic ring is 1. The highest BCUT2D eigenvalue weighted by molar-refractivity contribution is 7.85. The van der Waals surface area contributed by atoms with Crippen molar-refractivity contribution in [1.82, 2.24) is 24.2 Å². The van der Waals surface area contributed by atoms with Crippen molar-refractivity contribution in [3.63, 3.8) is 0 Å². The van der Waals surface area contributed by atoms with Crippen molar-refractivity contribution < 1.29 is 27.2 Å². The van der Waals surface area contributed by atoms with Gasteiger partial charge in [0.25, 0.3) is 5.91 Å². The Balaban J connectivity index is 1.69. The number of nitrogens with one attached hydrogen (secondary N) is 1. The number of nitrogens with zero attached hydrogens (tertiary/aromatic N) is 4. The normalized spacial score (nSPS) is 24.5. The Bertz CT molecular complexity index is 996. The lowest BCUT2D eigenvalue weighted by atomic mass is 10.00. The van der Waals surface area contributed by atoms with Gasteiger partial charge >= 0.3 is 10.3 Å². The molecule has 1 aliphatic heterocycles. The van der Waals surface area contributed by atoms with E-state index in [1.807, 2.05) is 6.92 Å². The van der Waals surface area contributed by atoms with E-state index < -0.39 is 40.9 Å². The molecule has 14 heteroatoms. The maximum atomic E-state index is 12.1. The summed E-state index contributed by atoms with van der Waals surface area (Å²) >= 11 is 0. The summed E-state index contributed by atoms with van der Waals surface area (Å²) in [5, 5.41) is 10.3. The van der Waals surface area contributed by atoms with Crippen LogP contribution in [0.15, 0.2) is 12.7 Å². The molecule has 0 unspecified atom stereocenters. The Morgan fingerprint density at radius 3 is 2.90 bits per heavy atom. The van der Waals surface area contributed by atoms with Crippen molar-refractivity contribution >= 4 is 33.2 Å². The zero-order chi connectivity index (χ0) is 21.3. The standard InChI is InChI=1S/C15H23N7O6S/c1-3-7(2)10(16)14(24)21-29(25,26)28-9-4-8(23)15(27-9)22-6-20-11-12(17)18-5-19-13(11)22/h5-10,15,23H,3-4,16H2,1-2H3,(H,21,24)(H2,17,18,19)/t7-,8+,9+,10-,15+/m0/s1. The quantitative estimate of drug-likeness (QED) is 0.411. The summed E-state index contributed by atoms with van der Waals surface area (Å²) in [5.41, 5.74) is 12.1. The van der Waals surface area contributed by atoms with Gasteiger partial charge in [0.15, 0.2) is 24.0 Å². The molecule has 0 aliphatic carbocycles. The number of hydrogen-bond donors (Lipinski definition) is 4. The van der Waals surface area contributed by atoms with E-state index in [-0.39, 0.29) is 18.2 Å². The number of aliphatic hydroxyl groups excluding tert-OH is 1. The third-order valence-electron chi connectivity index (χ3n) is 4.73. The molecule has 0 aromatic carbocycles. The first kappa shape index (κ1) is 21.3. The second-order valence-electron chi connectivity index (χ2n) is 6.77. The SMILES string of the molecule is CC[C@H](C)[C@H](N)C(=O)NS(=O)(=O)O[C@@H]1C[C@@H](O)[C@H](n2cnc3c(N)ncnc32)O1. The third kappa shape index (κ3) is 4.45. The monoisotopic (exact) mass is 429 g/mol. The summed E-state index contributed by atoms with van der Waals surface area (Å²) in [5.74, 6) is -0.956. The lowest BCUT2D eigenvalue weighted by molar-refractivity contribution is -0.122. The second-order valence-corrected chi connectivity index (χ2v) is 8.08. The molecule has 13 nitrogen and oxygen atoms in total. The maximum absolute atomic E-state index is 12.1. The van der Waals surface area contributed by atoms with Crippen LogP contribution < -0.4 is 16.2 Å². The van der Waals surface area contributed by atoms with Crippen LogP contribution in [0.4, 0.5) is 5.82 Å². The van der Waals surface area contributed by atoms with Crippen LogP contribution in [0, 0.1) is 5.92 Å². The van der Waals surface area contributed by atoms with Gasteiger partial charge in [0.05, 0.1) is 12.4 Å². The van der Waals surface area contributed by atoms with Crippen molar-refractivity contribution in [3.8, 4) is 0 Å². The largest absolute Gasteiger partial charge is 0.388 e. The van der Waals surface area contributed by atoms with Crippen molar-refractivity contribution in [2.45, 2.75) is 51.4 Å². The molecule has 0 saturated carbocycles. The van der Waals surface area contributed by atoms with E-state index in [0.717, 1.165) is 0 Å². The summed E-state index contributed by atoms with van der Waals surface area (Å²) in [7, 11) is -4.50. The van der Waals surface area contributed by atoms with Gasteiger partial charge in [-0.2, -0.15) is 8.42 Å². The number of fused-ring (bicyclic) bond motifs is 1. The Morgan fingerprint density at radius 2 is 2.21 bits per heavy atom. The number of anilines is 1. The molecular formula is C15H23N7O6S. The van der Waals surface area contributed by atoms with E-state index in [1.165, 1.54) is 17.2 Å². The number of carbonyl (C=O) groups excluding carboxylic acids is 1. The number of imidazole rings is 1. The van der Waals surface area contributed by atoms with Gasteiger partial charge in [0.2, 0.25) is 0 Å². The Labute approximate surface area is 166 Å². The Kier molecular flexibility index (Phi) is 6.00. The minimum absolute atomic E-state index is 0.150. The molecule has 0 spiro atoms. The zero-order valence-corrected chi connectivity index (χ0v) is 16.6. The van der Waals surface area contributed by atoms with E-state index in [1.54, 1.807) is 11.6 Å². The number of hydrogen-bond acceptors (Lipinski definition) is 11. The van der Waals surface area contributed by atoms with E-state index in [4.69, 9.17) is 20.4 Å². The number of aliphatic hydroxyl groups is 1. The Hall–Kier alpha value is -2.39. The minimum atomic E-state index is -4.50. The fraction of sp³-hybridized carbons (Fsp3) is 0.600. The predicted octanol–water partition coefficient (Wildman–Crippen LogP) is -1.23. The number of aromatic nitrogens is 4. The average molecular weight is 429 g/mol. The molecule has 1 amide bonds. The molecule has 3 heterocycles. The molecule has 0 bridgehead atoms.